The Hall–Kier alpha value is -2.89. The first-order valence-electron chi connectivity index (χ1n) is 11.9. The van der Waals surface area contributed by atoms with Gasteiger partial charge in [0, 0.05) is 36.6 Å². The number of aromatic hydroxyl groups is 1. The quantitative estimate of drug-likeness (QED) is 0.342. The summed E-state index contributed by atoms with van der Waals surface area (Å²) < 4.78 is 5.82. The molecule has 0 bridgehead atoms. The summed E-state index contributed by atoms with van der Waals surface area (Å²) in [5, 5.41) is 17.2. The Morgan fingerprint density at radius 3 is 2.15 bits per heavy atom. The molecule has 0 heterocycles. The van der Waals surface area contributed by atoms with Crippen molar-refractivity contribution in [1.82, 2.24) is 0 Å². The summed E-state index contributed by atoms with van der Waals surface area (Å²) in [7, 11) is 5.61. The summed E-state index contributed by atoms with van der Waals surface area (Å²) in [6.45, 7) is 6.13. The molecule has 2 aromatic carbocycles. The molecule has 0 atom stereocenters. The lowest BCUT2D eigenvalue weighted by molar-refractivity contribution is 0.262. The average Bonchev–Trinajstić information content (AvgIpc) is 3.03. The van der Waals surface area contributed by atoms with Gasteiger partial charge in [0.25, 0.3) is 0 Å². The van der Waals surface area contributed by atoms with Crippen LogP contribution in [0.4, 0.5) is 21.9 Å². The first-order valence-corrected chi connectivity index (χ1v) is 11.9. The van der Waals surface area contributed by atoms with Crippen LogP contribution in [-0.2, 0) is 5.41 Å². The van der Waals surface area contributed by atoms with Crippen LogP contribution in [0.5, 0.6) is 11.5 Å². The molecule has 0 radical (unpaired) electrons. The second kappa shape index (κ2) is 10.4. The Morgan fingerprint density at radius 1 is 1.03 bits per heavy atom. The number of hydrogen-bond donors (Lipinski definition) is 3. The third kappa shape index (κ3) is 5.92. The molecule has 0 saturated heterocycles. The van der Waals surface area contributed by atoms with E-state index in [0.29, 0.717) is 11.4 Å². The highest BCUT2D eigenvalue weighted by Crippen LogP contribution is 2.49. The zero-order valence-electron chi connectivity index (χ0n) is 20.9. The molecule has 3 rings (SSSR count). The molecule has 1 fully saturated rings. The number of ether oxygens (including phenoxy) is 1. The lowest BCUT2D eigenvalue weighted by atomic mass is 9.81. The molecule has 2 aromatic rings. The van der Waals surface area contributed by atoms with E-state index in [4.69, 9.17) is 4.74 Å². The molecule has 6 heteroatoms. The summed E-state index contributed by atoms with van der Waals surface area (Å²) in [6, 6.07) is 9.20. The van der Waals surface area contributed by atoms with E-state index in [1.54, 1.807) is 7.11 Å². The third-order valence-electron chi connectivity index (χ3n) is 6.47. The number of nitrogens with one attached hydrogen (secondary N) is 2. The van der Waals surface area contributed by atoms with Crippen molar-refractivity contribution in [3.05, 3.63) is 41.5 Å². The smallest absolute Gasteiger partial charge is 0.323 e. The maximum absolute atomic E-state index is 13.0. The number of phenols is 1. The lowest BCUT2D eigenvalue weighted by Crippen LogP contribution is -2.22. The Labute approximate surface area is 198 Å². The first kappa shape index (κ1) is 24.7. The number of amides is 2. The van der Waals surface area contributed by atoms with Crippen molar-refractivity contribution < 1.29 is 14.6 Å². The highest BCUT2D eigenvalue weighted by molar-refractivity contribution is 6.02. The monoisotopic (exact) mass is 453 g/mol. The van der Waals surface area contributed by atoms with E-state index in [1.165, 1.54) is 12.8 Å². The number of carbonyl (C=O) groups is 1. The predicted octanol–water partition coefficient (Wildman–Crippen LogP) is 6.85. The molecule has 0 aliphatic heterocycles. The van der Waals surface area contributed by atoms with Crippen molar-refractivity contribution in [2.75, 3.05) is 36.7 Å². The van der Waals surface area contributed by atoms with E-state index in [2.05, 4.69) is 10.6 Å². The van der Waals surface area contributed by atoms with Gasteiger partial charge in [0.2, 0.25) is 0 Å². The standard InChI is InChI=1S/C27H39N3O3/c1-27(2,3)21-17-22(33-6)23(18-11-9-7-8-10-12-18)24(25(21)31)29-26(32)28-19-13-15-20(16-14-19)30(4)5/h13-18,31H,7-12H2,1-6H3,(H2,28,29,32). The summed E-state index contributed by atoms with van der Waals surface area (Å²) in [4.78, 5) is 15.0. The van der Waals surface area contributed by atoms with Gasteiger partial charge in [-0.15, -0.1) is 0 Å². The van der Waals surface area contributed by atoms with Crippen molar-refractivity contribution >= 4 is 23.1 Å². The molecule has 180 valence electrons. The van der Waals surface area contributed by atoms with E-state index < -0.39 is 0 Å². The summed E-state index contributed by atoms with van der Waals surface area (Å²) in [5.41, 5.74) is 3.55. The van der Waals surface area contributed by atoms with Crippen molar-refractivity contribution in [3.63, 3.8) is 0 Å². The predicted molar refractivity (Wildman–Crippen MR) is 137 cm³/mol. The van der Waals surface area contributed by atoms with E-state index in [-0.39, 0.29) is 23.1 Å². The van der Waals surface area contributed by atoms with Gasteiger partial charge in [-0.2, -0.15) is 0 Å². The van der Waals surface area contributed by atoms with E-state index in [1.807, 2.05) is 70.1 Å². The summed E-state index contributed by atoms with van der Waals surface area (Å²) in [6.07, 6.45) is 6.76. The maximum Gasteiger partial charge on any atom is 0.323 e. The molecular formula is C27H39N3O3. The highest BCUT2D eigenvalue weighted by atomic mass is 16.5. The number of nitrogens with zero attached hydrogens (tertiary/aromatic N) is 1. The second-order valence-electron chi connectivity index (χ2n) is 10.2. The second-order valence-corrected chi connectivity index (χ2v) is 10.2. The van der Waals surface area contributed by atoms with Crippen molar-refractivity contribution in [1.29, 1.82) is 0 Å². The molecule has 0 unspecified atom stereocenters. The number of benzene rings is 2. The summed E-state index contributed by atoms with van der Waals surface area (Å²) >= 11 is 0. The van der Waals surface area contributed by atoms with Gasteiger partial charge in [-0.3, -0.25) is 0 Å². The Balaban J connectivity index is 1.98. The van der Waals surface area contributed by atoms with Crippen LogP contribution in [0, 0.1) is 0 Å². The van der Waals surface area contributed by atoms with Crippen LogP contribution in [0.15, 0.2) is 30.3 Å². The molecule has 33 heavy (non-hydrogen) atoms. The van der Waals surface area contributed by atoms with Crippen LogP contribution >= 0.6 is 0 Å². The number of phenolic OH excluding ortho intramolecular Hbond substituents is 1. The number of rotatable bonds is 5. The number of hydrogen-bond acceptors (Lipinski definition) is 4. The van der Waals surface area contributed by atoms with Gasteiger partial charge in [-0.25, -0.2) is 4.79 Å². The molecule has 1 saturated carbocycles. The van der Waals surface area contributed by atoms with Crippen molar-refractivity contribution in [2.24, 2.45) is 0 Å². The van der Waals surface area contributed by atoms with Gasteiger partial charge < -0.3 is 25.4 Å². The van der Waals surface area contributed by atoms with Gasteiger partial charge in [-0.05, 0) is 54.5 Å². The van der Waals surface area contributed by atoms with Gasteiger partial charge in [0.1, 0.15) is 11.5 Å². The summed E-state index contributed by atoms with van der Waals surface area (Å²) in [5.74, 6) is 1.09. The molecule has 0 spiro atoms. The molecule has 0 aromatic heterocycles. The fourth-order valence-electron chi connectivity index (χ4n) is 4.62. The Morgan fingerprint density at radius 2 is 1.64 bits per heavy atom. The molecule has 2 amide bonds. The van der Waals surface area contributed by atoms with Crippen molar-refractivity contribution in [2.45, 2.75) is 70.6 Å². The molecule has 1 aliphatic carbocycles. The maximum atomic E-state index is 13.0. The number of carbonyl (C=O) groups excluding carboxylic acids is 1. The SMILES string of the molecule is COc1cc(C(C)(C)C)c(O)c(NC(=O)Nc2ccc(N(C)C)cc2)c1C1CCCCCC1. The lowest BCUT2D eigenvalue weighted by Gasteiger charge is -2.28. The number of methoxy groups -OCH3 is 1. The van der Waals surface area contributed by atoms with E-state index in [9.17, 15) is 9.90 Å². The van der Waals surface area contributed by atoms with Crippen LogP contribution in [0.1, 0.15) is 76.3 Å². The van der Waals surface area contributed by atoms with Crippen LogP contribution < -0.4 is 20.3 Å². The normalized spacial score (nSPS) is 15.0. The zero-order valence-corrected chi connectivity index (χ0v) is 20.9. The number of urea groups is 1. The minimum Gasteiger partial charge on any atom is -0.505 e. The zero-order chi connectivity index (χ0) is 24.2. The molecule has 6 nitrogen and oxygen atoms in total. The minimum atomic E-state index is -0.383. The van der Waals surface area contributed by atoms with Crippen LogP contribution in [0.3, 0.4) is 0 Å². The first-order chi connectivity index (χ1) is 15.6. The minimum absolute atomic E-state index is 0.126. The largest absolute Gasteiger partial charge is 0.505 e. The number of anilines is 3. The van der Waals surface area contributed by atoms with Gasteiger partial charge in [-0.1, -0.05) is 46.5 Å². The van der Waals surface area contributed by atoms with Gasteiger partial charge >= 0.3 is 6.03 Å². The topological polar surface area (TPSA) is 73.8 Å². The molecule has 3 N–H and O–H groups in total. The Bertz CT molecular complexity index is 954. The van der Waals surface area contributed by atoms with Crippen molar-refractivity contribution in [3.8, 4) is 11.5 Å². The molecule has 1 aliphatic rings. The Kier molecular flexibility index (Phi) is 7.77. The fraction of sp³-hybridized carbons (Fsp3) is 0.519. The average molecular weight is 454 g/mol. The van der Waals surface area contributed by atoms with Crippen LogP contribution in [0.2, 0.25) is 0 Å². The fourth-order valence-corrected chi connectivity index (χ4v) is 4.62. The molecular weight excluding hydrogens is 414 g/mol. The van der Waals surface area contributed by atoms with E-state index in [0.717, 1.165) is 48.2 Å². The van der Waals surface area contributed by atoms with Gasteiger partial charge in [0.05, 0.1) is 12.8 Å². The third-order valence-corrected chi connectivity index (χ3v) is 6.47. The van der Waals surface area contributed by atoms with Crippen LogP contribution in [0.25, 0.3) is 0 Å². The van der Waals surface area contributed by atoms with Gasteiger partial charge in [0.15, 0.2) is 0 Å². The van der Waals surface area contributed by atoms with Crippen LogP contribution in [-0.4, -0.2) is 32.3 Å². The van der Waals surface area contributed by atoms with E-state index >= 15 is 0 Å². The highest BCUT2D eigenvalue weighted by Gasteiger charge is 2.30.